The minimum atomic E-state index is -0.276. The van der Waals surface area contributed by atoms with E-state index in [0.29, 0.717) is 12.6 Å². The van der Waals surface area contributed by atoms with E-state index in [9.17, 15) is 4.39 Å². The Morgan fingerprint density at radius 1 is 1.53 bits per heavy atom. The van der Waals surface area contributed by atoms with Crippen molar-refractivity contribution in [2.24, 2.45) is 0 Å². The van der Waals surface area contributed by atoms with Gasteiger partial charge < -0.3 is 10.2 Å². The molecule has 1 rings (SSSR count). The number of rotatable bonds is 8. The predicted molar refractivity (Wildman–Crippen MR) is 82.4 cm³/mol. The number of nitrogens with one attached hydrogen (secondary N) is 1. The Hall–Kier alpha value is -0.810. The zero-order valence-corrected chi connectivity index (χ0v) is 13.1. The molecule has 0 aromatic carbocycles. The van der Waals surface area contributed by atoms with Crippen molar-refractivity contribution in [2.75, 3.05) is 30.5 Å². The number of halogens is 1. The Bertz CT molecular complexity index is 387. The molecule has 0 fully saturated rings. The van der Waals surface area contributed by atoms with Gasteiger partial charge in [0.1, 0.15) is 11.6 Å². The highest BCUT2D eigenvalue weighted by Gasteiger charge is 2.15. The highest BCUT2D eigenvalue weighted by atomic mass is 32.2. The maximum atomic E-state index is 13.3. The van der Waals surface area contributed by atoms with Crippen molar-refractivity contribution in [3.8, 4) is 0 Å². The predicted octanol–water partition coefficient (Wildman–Crippen LogP) is 2.91. The van der Waals surface area contributed by atoms with E-state index in [-0.39, 0.29) is 5.82 Å². The smallest absolute Gasteiger partial charge is 0.141 e. The molecule has 5 heteroatoms. The summed E-state index contributed by atoms with van der Waals surface area (Å²) in [6.07, 6.45) is 4.50. The fraction of sp³-hybridized carbons (Fsp3) is 0.643. The summed E-state index contributed by atoms with van der Waals surface area (Å²) in [7, 11) is 2.03. The fourth-order valence-corrected chi connectivity index (χ4v) is 2.45. The number of pyridine rings is 1. The van der Waals surface area contributed by atoms with Crippen LogP contribution in [0.5, 0.6) is 0 Å². The second-order valence-corrected chi connectivity index (χ2v) is 5.64. The second-order valence-electron chi connectivity index (χ2n) is 4.66. The molecule has 0 saturated heterocycles. The molecule has 1 N–H and O–H groups in total. The van der Waals surface area contributed by atoms with Crippen molar-refractivity contribution in [1.29, 1.82) is 0 Å². The van der Waals surface area contributed by atoms with Gasteiger partial charge in [-0.15, -0.1) is 0 Å². The lowest BCUT2D eigenvalue weighted by Gasteiger charge is -2.28. The van der Waals surface area contributed by atoms with Gasteiger partial charge in [-0.3, -0.25) is 0 Å². The first kappa shape index (κ1) is 16.2. The van der Waals surface area contributed by atoms with Crippen LogP contribution in [0.1, 0.15) is 25.8 Å². The lowest BCUT2D eigenvalue weighted by Crippen LogP contribution is -2.31. The topological polar surface area (TPSA) is 28.2 Å². The van der Waals surface area contributed by atoms with Gasteiger partial charge in [-0.2, -0.15) is 11.8 Å². The number of anilines is 1. The van der Waals surface area contributed by atoms with Crippen LogP contribution >= 0.6 is 11.8 Å². The first-order chi connectivity index (χ1) is 9.10. The van der Waals surface area contributed by atoms with E-state index < -0.39 is 0 Å². The number of hydrogen-bond donors (Lipinski definition) is 1. The van der Waals surface area contributed by atoms with Crippen molar-refractivity contribution in [3.05, 3.63) is 23.6 Å². The summed E-state index contributed by atoms with van der Waals surface area (Å²) in [5.74, 6) is 1.72. The molecule has 0 radical (unpaired) electrons. The third-order valence-electron chi connectivity index (χ3n) is 3.21. The van der Waals surface area contributed by atoms with Crippen molar-refractivity contribution < 1.29 is 4.39 Å². The van der Waals surface area contributed by atoms with E-state index in [0.717, 1.165) is 30.1 Å². The lowest BCUT2D eigenvalue weighted by atomic mass is 10.2. The summed E-state index contributed by atoms with van der Waals surface area (Å²) in [4.78, 5) is 6.41. The molecule has 1 unspecified atom stereocenters. The highest BCUT2D eigenvalue weighted by Crippen LogP contribution is 2.21. The Morgan fingerprint density at radius 3 is 2.89 bits per heavy atom. The molecule has 1 aromatic heterocycles. The average Bonchev–Trinajstić information content (AvgIpc) is 2.41. The fourth-order valence-electron chi connectivity index (χ4n) is 1.87. The van der Waals surface area contributed by atoms with E-state index in [1.807, 2.05) is 25.7 Å². The van der Waals surface area contributed by atoms with Gasteiger partial charge >= 0.3 is 0 Å². The molecule has 0 saturated carbocycles. The van der Waals surface area contributed by atoms with E-state index in [2.05, 4.69) is 28.4 Å². The Morgan fingerprint density at radius 2 is 2.26 bits per heavy atom. The molecule has 0 spiro atoms. The van der Waals surface area contributed by atoms with Crippen LogP contribution in [0.2, 0.25) is 0 Å². The van der Waals surface area contributed by atoms with E-state index in [4.69, 9.17) is 0 Å². The molecule has 19 heavy (non-hydrogen) atoms. The van der Waals surface area contributed by atoms with Gasteiger partial charge in [0.25, 0.3) is 0 Å². The van der Waals surface area contributed by atoms with Crippen LogP contribution in [0.25, 0.3) is 0 Å². The van der Waals surface area contributed by atoms with Crippen molar-refractivity contribution >= 4 is 17.6 Å². The van der Waals surface area contributed by atoms with Crippen molar-refractivity contribution in [1.82, 2.24) is 10.3 Å². The Labute approximate surface area is 120 Å². The highest BCUT2D eigenvalue weighted by molar-refractivity contribution is 7.98. The summed E-state index contributed by atoms with van der Waals surface area (Å²) < 4.78 is 13.3. The molecular formula is C14H24FN3S. The van der Waals surface area contributed by atoms with E-state index in [1.165, 1.54) is 6.20 Å². The summed E-state index contributed by atoms with van der Waals surface area (Å²) in [5.41, 5.74) is 0.917. The van der Waals surface area contributed by atoms with Crippen LogP contribution in [0.4, 0.5) is 10.2 Å². The minimum Gasteiger partial charge on any atom is -0.357 e. The zero-order chi connectivity index (χ0) is 14.3. The van der Waals surface area contributed by atoms with Crippen molar-refractivity contribution in [2.45, 2.75) is 32.9 Å². The molecule has 1 heterocycles. The lowest BCUT2D eigenvalue weighted by molar-refractivity contribution is 0.606. The van der Waals surface area contributed by atoms with Gasteiger partial charge in [0, 0.05) is 25.2 Å². The molecular weight excluding hydrogens is 261 g/mol. The largest absolute Gasteiger partial charge is 0.357 e. The van der Waals surface area contributed by atoms with E-state index >= 15 is 0 Å². The van der Waals surface area contributed by atoms with Crippen LogP contribution in [0.3, 0.4) is 0 Å². The molecule has 1 aromatic rings. The van der Waals surface area contributed by atoms with Gasteiger partial charge in [-0.1, -0.05) is 6.92 Å². The monoisotopic (exact) mass is 285 g/mol. The summed E-state index contributed by atoms with van der Waals surface area (Å²) in [6, 6.07) is 1.97. The molecule has 0 aliphatic heterocycles. The van der Waals surface area contributed by atoms with Crippen LogP contribution in [-0.4, -0.2) is 36.6 Å². The van der Waals surface area contributed by atoms with Crippen LogP contribution < -0.4 is 10.2 Å². The number of thioether (sulfide) groups is 1. The summed E-state index contributed by atoms with van der Waals surface area (Å²) in [5, 5.41) is 3.23. The molecule has 3 nitrogen and oxygen atoms in total. The molecule has 0 amide bonds. The standard InChI is InChI=1S/C14H24FN3S/c1-5-16-9-12-8-13(15)10-17-14(12)18(3)11(2)6-7-19-4/h8,10-11,16H,5-7,9H2,1-4H3. The first-order valence-electron chi connectivity index (χ1n) is 6.67. The van der Waals surface area contributed by atoms with Gasteiger partial charge in [0.15, 0.2) is 0 Å². The quantitative estimate of drug-likeness (QED) is 0.795. The normalized spacial score (nSPS) is 12.5. The molecule has 1 atom stereocenters. The number of nitrogens with zero attached hydrogens (tertiary/aromatic N) is 2. The van der Waals surface area contributed by atoms with Gasteiger partial charge in [-0.05, 0) is 38.0 Å². The van der Waals surface area contributed by atoms with Crippen LogP contribution in [0, 0.1) is 5.82 Å². The second kappa shape index (κ2) is 8.38. The third kappa shape index (κ3) is 4.99. The third-order valence-corrected chi connectivity index (χ3v) is 3.85. The number of aromatic nitrogens is 1. The Kier molecular flexibility index (Phi) is 7.16. The SMILES string of the molecule is CCNCc1cc(F)cnc1N(C)C(C)CCSC. The maximum absolute atomic E-state index is 13.3. The molecule has 0 aliphatic rings. The number of hydrogen-bond acceptors (Lipinski definition) is 4. The van der Waals surface area contributed by atoms with E-state index in [1.54, 1.807) is 6.07 Å². The summed E-state index contributed by atoms with van der Waals surface area (Å²) in [6.45, 7) is 5.73. The van der Waals surface area contributed by atoms with Crippen LogP contribution in [0.15, 0.2) is 12.3 Å². The Balaban J connectivity index is 2.84. The van der Waals surface area contributed by atoms with Gasteiger partial charge in [0.2, 0.25) is 0 Å². The zero-order valence-electron chi connectivity index (χ0n) is 12.2. The minimum absolute atomic E-state index is 0.276. The van der Waals surface area contributed by atoms with Crippen LogP contribution in [-0.2, 0) is 6.54 Å². The van der Waals surface area contributed by atoms with Gasteiger partial charge in [-0.25, -0.2) is 9.37 Å². The van der Waals surface area contributed by atoms with Crippen molar-refractivity contribution in [3.63, 3.8) is 0 Å². The average molecular weight is 285 g/mol. The van der Waals surface area contributed by atoms with Gasteiger partial charge in [0.05, 0.1) is 6.20 Å². The summed E-state index contributed by atoms with van der Waals surface area (Å²) >= 11 is 1.84. The molecule has 0 bridgehead atoms. The first-order valence-corrected chi connectivity index (χ1v) is 8.06. The molecule has 108 valence electrons. The molecule has 0 aliphatic carbocycles. The maximum Gasteiger partial charge on any atom is 0.141 e.